The minimum Gasteiger partial charge on any atom is -0.469 e. The standard InChI is InChI=1S/C25H31NO6/c1-21-12-17-25(31-17)19(16(21)5-8-24(21)9-6-18(28)32-24)15(20(29)30-3)11-23(13-26)10-14(27)4-7-22(23,25)2/h15-17,19H,4-12H2,1-3H3/t15?,16?,17?,19?,21-,22-,23?,24?,25?/m0/s1. The summed E-state index contributed by atoms with van der Waals surface area (Å²) in [7, 11) is 1.40. The average molecular weight is 442 g/mol. The molecule has 7 heteroatoms. The van der Waals surface area contributed by atoms with Gasteiger partial charge in [0.1, 0.15) is 17.0 Å². The van der Waals surface area contributed by atoms with Gasteiger partial charge in [-0.15, -0.1) is 0 Å². The third-order valence-corrected chi connectivity index (χ3v) is 11.1. The first-order valence-corrected chi connectivity index (χ1v) is 12.0. The molecular formula is C25H31NO6. The van der Waals surface area contributed by atoms with Crippen molar-refractivity contribution in [3.05, 3.63) is 0 Å². The molecule has 2 heterocycles. The number of carbonyl (C=O) groups is 3. The van der Waals surface area contributed by atoms with E-state index in [2.05, 4.69) is 19.9 Å². The highest BCUT2D eigenvalue weighted by molar-refractivity contribution is 5.82. The molecule has 2 saturated heterocycles. The predicted molar refractivity (Wildman–Crippen MR) is 110 cm³/mol. The molecule has 0 radical (unpaired) electrons. The van der Waals surface area contributed by atoms with E-state index in [4.69, 9.17) is 14.2 Å². The minimum absolute atomic E-state index is 0.0954. The Balaban J connectivity index is 1.51. The third-order valence-electron chi connectivity index (χ3n) is 11.1. The number of ether oxygens (including phenoxy) is 3. The molecule has 7 nitrogen and oxygen atoms in total. The van der Waals surface area contributed by atoms with E-state index in [9.17, 15) is 19.6 Å². The fraction of sp³-hybridized carbons (Fsp3) is 0.840. The van der Waals surface area contributed by atoms with Crippen LogP contribution < -0.4 is 0 Å². The number of methoxy groups -OCH3 is 1. The van der Waals surface area contributed by atoms with Gasteiger partial charge in [0.05, 0.1) is 30.6 Å². The van der Waals surface area contributed by atoms with Crippen LogP contribution in [0.3, 0.4) is 0 Å². The SMILES string of the molecule is COC(=O)C1CC2(C#N)CC(=O)CC[C@]2(C)C23OC2C[C@@]2(C)C(CCC24CCC(=O)O4)C13. The summed E-state index contributed by atoms with van der Waals surface area (Å²) in [4.78, 5) is 37.9. The number of Topliss-reactive ketones (excluding diaryl/α,β-unsaturated/α-hetero) is 1. The van der Waals surface area contributed by atoms with Gasteiger partial charge in [-0.25, -0.2) is 0 Å². The molecule has 6 rings (SSSR count). The lowest BCUT2D eigenvalue weighted by molar-refractivity contribution is -0.193. The highest BCUT2D eigenvalue weighted by Gasteiger charge is 2.86. The van der Waals surface area contributed by atoms with Crippen LogP contribution in [0.25, 0.3) is 0 Å². The summed E-state index contributed by atoms with van der Waals surface area (Å²) in [6, 6.07) is 2.53. The van der Waals surface area contributed by atoms with E-state index >= 15 is 0 Å². The van der Waals surface area contributed by atoms with Gasteiger partial charge in [-0.05, 0) is 44.4 Å². The van der Waals surface area contributed by atoms with E-state index in [0.29, 0.717) is 25.7 Å². The number of hydrogen-bond donors (Lipinski definition) is 0. The van der Waals surface area contributed by atoms with Crippen molar-refractivity contribution >= 4 is 17.7 Å². The molecule has 32 heavy (non-hydrogen) atoms. The number of carbonyl (C=O) groups excluding carboxylic acids is 3. The molecule has 2 spiro atoms. The van der Waals surface area contributed by atoms with Gasteiger partial charge in [-0.2, -0.15) is 5.26 Å². The summed E-state index contributed by atoms with van der Waals surface area (Å²) in [5.74, 6) is -0.806. The Morgan fingerprint density at radius 2 is 1.94 bits per heavy atom. The monoisotopic (exact) mass is 441 g/mol. The van der Waals surface area contributed by atoms with Crippen molar-refractivity contribution in [1.29, 1.82) is 5.26 Å². The Kier molecular flexibility index (Phi) is 3.83. The maximum Gasteiger partial charge on any atom is 0.309 e. The van der Waals surface area contributed by atoms with Gasteiger partial charge in [0.2, 0.25) is 0 Å². The second-order valence-electron chi connectivity index (χ2n) is 11.7. The largest absolute Gasteiger partial charge is 0.469 e. The van der Waals surface area contributed by atoms with Crippen LogP contribution in [-0.2, 0) is 28.6 Å². The van der Waals surface area contributed by atoms with E-state index in [1.54, 1.807) is 0 Å². The minimum atomic E-state index is -0.920. The maximum atomic E-state index is 13.2. The molecule has 4 saturated carbocycles. The number of rotatable bonds is 1. The number of fused-ring (bicyclic) bond motifs is 4. The van der Waals surface area contributed by atoms with Crippen LogP contribution in [0.5, 0.6) is 0 Å². The van der Waals surface area contributed by atoms with E-state index in [-0.39, 0.29) is 47.5 Å². The molecule has 7 unspecified atom stereocenters. The Bertz CT molecular complexity index is 987. The predicted octanol–water partition coefficient (Wildman–Crippen LogP) is 3.10. The van der Waals surface area contributed by atoms with Crippen molar-refractivity contribution in [2.75, 3.05) is 7.11 Å². The third kappa shape index (κ3) is 2.01. The zero-order chi connectivity index (χ0) is 22.7. The number of hydrogen-bond acceptors (Lipinski definition) is 7. The second-order valence-corrected chi connectivity index (χ2v) is 11.7. The summed E-state index contributed by atoms with van der Waals surface area (Å²) in [5.41, 5.74) is -2.77. The van der Waals surface area contributed by atoms with Gasteiger partial charge in [-0.3, -0.25) is 14.4 Å². The Morgan fingerprint density at radius 1 is 1.16 bits per heavy atom. The lowest BCUT2D eigenvalue weighted by Crippen LogP contribution is -2.68. The van der Waals surface area contributed by atoms with E-state index in [0.717, 1.165) is 25.7 Å². The van der Waals surface area contributed by atoms with Gasteiger partial charge < -0.3 is 14.2 Å². The van der Waals surface area contributed by atoms with E-state index < -0.39 is 27.9 Å². The quantitative estimate of drug-likeness (QED) is 0.455. The van der Waals surface area contributed by atoms with Crippen molar-refractivity contribution in [3.8, 4) is 6.07 Å². The number of epoxide rings is 1. The molecule has 0 aromatic carbocycles. The number of ketones is 1. The van der Waals surface area contributed by atoms with Crippen molar-refractivity contribution in [2.24, 2.45) is 34.0 Å². The smallest absolute Gasteiger partial charge is 0.309 e. The maximum absolute atomic E-state index is 13.2. The highest BCUT2D eigenvalue weighted by Crippen LogP contribution is 2.80. The fourth-order valence-corrected chi connectivity index (χ4v) is 9.46. The van der Waals surface area contributed by atoms with Crippen LogP contribution in [0, 0.1) is 45.3 Å². The molecule has 0 amide bonds. The number of nitrogens with zero attached hydrogens (tertiary/aromatic N) is 1. The van der Waals surface area contributed by atoms with Gasteiger partial charge in [0, 0.05) is 36.0 Å². The Morgan fingerprint density at radius 3 is 2.59 bits per heavy atom. The van der Waals surface area contributed by atoms with Crippen LogP contribution in [0.4, 0.5) is 0 Å². The topological polar surface area (TPSA) is 106 Å². The average Bonchev–Trinajstić information content (AvgIpc) is 3.25. The van der Waals surface area contributed by atoms with Gasteiger partial charge in [0.15, 0.2) is 0 Å². The fourth-order valence-electron chi connectivity index (χ4n) is 9.46. The Labute approximate surface area is 188 Å². The summed E-state index contributed by atoms with van der Waals surface area (Å²) < 4.78 is 17.9. The van der Waals surface area contributed by atoms with Crippen molar-refractivity contribution in [1.82, 2.24) is 0 Å². The number of nitriles is 1. The molecule has 0 N–H and O–H groups in total. The van der Waals surface area contributed by atoms with Crippen LogP contribution in [0.2, 0.25) is 0 Å². The highest BCUT2D eigenvalue weighted by atomic mass is 16.6. The molecule has 0 aromatic rings. The second kappa shape index (κ2) is 5.94. The summed E-state index contributed by atoms with van der Waals surface area (Å²) >= 11 is 0. The van der Waals surface area contributed by atoms with E-state index in [1.165, 1.54) is 7.11 Å². The summed E-state index contributed by atoms with van der Waals surface area (Å²) in [5, 5.41) is 10.4. The first kappa shape index (κ1) is 20.7. The van der Waals surface area contributed by atoms with Crippen LogP contribution >= 0.6 is 0 Å². The van der Waals surface area contributed by atoms with Crippen molar-refractivity contribution < 1.29 is 28.6 Å². The lowest BCUT2D eigenvalue weighted by Gasteiger charge is -2.63. The molecule has 0 aromatic heterocycles. The first-order valence-electron chi connectivity index (χ1n) is 12.0. The molecule has 6 fully saturated rings. The first-order chi connectivity index (χ1) is 15.1. The molecule has 0 bridgehead atoms. The molecule has 2 aliphatic heterocycles. The molecule has 9 atom stereocenters. The van der Waals surface area contributed by atoms with Crippen LogP contribution in [0.1, 0.15) is 71.6 Å². The molecule has 6 aliphatic rings. The summed E-state index contributed by atoms with van der Waals surface area (Å²) in [6.07, 6.45) is 5.10. The van der Waals surface area contributed by atoms with Gasteiger partial charge in [-0.1, -0.05) is 13.8 Å². The normalized spacial score (nSPS) is 55.2. The zero-order valence-corrected chi connectivity index (χ0v) is 19.1. The zero-order valence-electron chi connectivity index (χ0n) is 19.1. The van der Waals surface area contributed by atoms with Crippen LogP contribution in [0.15, 0.2) is 0 Å². The number of esters is 2. The summed E-state index contributed by atoms with van der Waals surface area (Å²) in [6.45, 7) is 4.36. The van der Waals surface area contributed by atoms with Crippen molar-refractivity contribution in [2.45, 2.75) is 88.9 Å². The van der Waals surface area contributed by atoms with Gasteiger partial charge >= 0.3 is 11.9 Å². The van der Waals surface area contributed by atoms with Gasteiger partial charge in [0.25, 0.3) is 0 Å². The van der Waals surface area contributed by atoms with Crippen LogP contribution in [-0.4, -0.2) is 42.1 Å². The molecule has 4 aliphatic carbocycles. The lowest BCUT2D eigenvalue weighted by atomic mass is 9.37. The van der Waals surface area contributed by atoms with Crippen molar-refractivity contribution in [3.63, 3.8) is 0 Å². The molecular weight excluding hydrogens is 410 g/mol. The molecule has 172 valence electrons. The Hall–Kier alpha value is -1.94. The van der Waals surface area contributed by atoms with E-state index in [1.807, 2.05) is 0 Å².